The van der Waals surface area contributed by atoms with E-state index in [0.717, 1.165) is 36.4 Å². The predicted molar refractivity (Wildman–Crippen MR) is 134 cm³/mol. The van der Waals surface area contributed by atoms with Crippen LogP contribution in [0.4, 0.5) is 0 Å². The monoisotopic (exact) mass is 478 g/mol. The third-order valence-corrected chi connectivity index (χ3v) is 6.94. The maximum atomic E-state index is 14.2. The van der Waals surface area contributed by atoms with Crippen molar-refractivity contribution in [3.05, 3.63) is 83.2 Å². The number of rotatable bonds is 7. The fraction of sp³-hybridized carbons (Fsp3) is 0.385. The van der Waals surface area contributed by atoms with Crippen LogP contribution in [0.3, 0.4) is 0 Å². The second-order valence-corrected chi connectivity index (χ2v) is 9.14. The molecule has 5 rings (SSSR count). The van der Waals surface area contributed by atoms with Crippen LogP contribution in [-0.4, -0.2) is 60.3 Å². The molecule has 0 bridgehead atoms. The smallest absolute Gasteiger partial charge is 0.257 e. The highest BCUT2D eigenvalue weighted by molar-refractivity contribution is 7.80. The van der Waals surface area contributed by atoms with Crippen molar-refractivity contribution in [3.63, 3.8) is 0 Å². The number of amides is 1. The van der Waals surface area contributed by atoms with Crippen LogP contribution in [0.15, 0.2) is 72.1 Å². The van der Waals surface area contributed by atoms with Gasteiger partial charge in [0.25, 0.3) is 5.91 Å². The maximum Gasteiger partial charge on any atom is 0.257 e. The van der Waals surface area contributed by atoms with Gasteiger partial charge >= 0.3 is 0 Å². The van der Waals surface area contributed by atoms with Gasteiger partial charge in [-0.05, 0) is 36.2 Å². The molecule has 2 aromatic carbocycles. The minimum atomic E-state index is -0.341. The summed E-state index contributed by atoms with van der Waals surface area (Å²) in [7, 11) is 1.65. The number of carbonyl (C=O) groups excluding carboxylic acids is 1. The first-order valence-electron chi connectivity index (χ1n) is 11.8. The van der Waals surface area contributed by atoms with Crippen LogP contribution in [0.1, 0.15) is 36.2 Å². The van der Waals surface area contributed by atoms with Gasteiger partial charge in [-0.2, -0.15) is 0 Å². The molecule has 3 heterocycles. The number of methoxy groups -OCH3 is 1. The van der Waals surface area contributed by atoms with Crippen molar-refractivity contribution in [2.75, 3.05) is 33.4 Å². The van der Waals surface area contributed by atoms with Gasteiger partial charge in [-0.15, -0.1) is 0 Å². The Morgan fingerprint density at radius 2 is 1.76 bits per heavy atom. The lowest BCUT2D eigenvalue weighted by Crippen LogP contribution is -2.60. The molecule has 178 valence electrons. The maximum absolute atomic E-state index is 14.2. The Morgan fingerprint density at radius 1 is 1.06 bits per heavy atom. The number of hydrogen-bond donors (Lipinski definition) is 2. The minimum Gasteiger partial charge on any atom is -0.383 e. The van der Waals surface area contributed by atoms with Gasteiger partial charge < -0.3 is 29.9 Å². The zero-order valence-corrected chi connectivity index (χ0v) is 20.1. The molecule has 0 aromatic heterocycles. The second kappa shape index (κ2) is 10.1. The predicted octanol–water partition coefficient (Wildman–Crippen LogP) is 3.09. The molecule has 0 unspecified atom stereocenters. The quantitative estimate of drug-likeness (QED) is 0.593. The topological polar surface area (TPSA) is 66.1 Å². The van der Waals surface area contributed by atoms with Gasteiger partial charge in [-0.1, -0.05) is 60.7 Å². The van der Waals surface area contributed by atoms with Crippen LogP contribution in [0.2, 0.25) is 0 Å². The summed E-state index contributed by atoms with van der Waals surface area (Å²) in [5.74, 6) is 0.737. The molecular weight excluding hydrogens is 448 g/mol. The van der Waals surface area contributed by atoms with Crippen LogP contribution in [0.25, 0.3) is 0 Å². The minimum absolute atomic E-state index is 0.0270. The molecule has 0 radical (unpaired) electrons. The van der Waals surface area contributed by atoms with E-state index in [1.54, 1.807) is 7.11 Å². The summed E-state index contributed by atoms with van der Waals surface area (Å²) in [6, 6.07) is 19.7. The third kappa shape index (κ3) is 4.41. The van der Waals surface area contributed by atoms with Crippen molar-refractivity contribution < 1.29 is 14.3 Å². The van der Waals surface area contributed by atoms with Crippen LogP contribution >= 0.6 is 12.2 Å². The summed E-state index contributed by atoms with van der Waals surface area (Å²) in [4.78, 5) is 18.0. The fourth-order valence-electron chi connectivity index (χ4n) is 4.90. The molecule has 8 heteroatoms. The van der Waals surface area contributed by atoms with Gasteiger partial charge in [0.15, 0.2) is 5.11 Å². The van der Waals surface area contributed by atoms with Gasteiger partial charge in [0, 0.05) is 20.3 Å². The number of benzene rings is 2. The first-order chi connectivity index (χ1) is 16.7. The highest BCUT2D eigenvalue weighted by Gasteiger charge is 2.44. The van der Waals surface area contributed by atoms with E-state index in [1.165, 1.54) is 0 Å². The summed E-state index contributed by atoms with van der Waals surface area (Å²) in [5.41, 5.74) is 2.67. The van der Waals surface area contributed by atoms with E-state index in [9.17, 15) is 4.79 Å². The average Bonchev–Trinajstić information content (AvgIpc) is 3.39. The fourth-order valence-corrected chi connectivity index (χ4v) is 5.18. The van der Waals surface area contributed by atoms with Crippen molar-refractivity contribution in [2.45, 2.75) is 31.2 Å². The van der Waals surface area contributed by atoms with E-state index < -0.39 is 0 Å². The van der Waals surface area contributed by atoms with Gasteiger partial charge in [0.05, 0.1) is 30.9 Å². The van der Waals surface area contributed by atoms with E-state index in [1.807, 2.05) is 70.5 Å². The zero-order valence-electron chi connectivity index (χ0n) is 19.3. The van der Waals surface area contributed by atoms with Crippen molar-refractivity contribution >= 4 is 23.2 Å². The molecule has 3 aliphatic rings. The largest absolute Gasteiger partial charge is 0.383 e. The second-order valence-electron chi connectivity index (χ2n) is 8.75. The lowest BCUT2D eigenvalue weighted by molar-refractivity contribution is -0.133. The van der Waals surface area contributed by atoms with Crippen molar-refractivity contribution in [2.24, 2.45) is 0 Å². The lowest BCUT2D eigenvalue weighted by atomic mass is 9.93. The Bertz CT molecular complexity index is 1060. The molecular formula is C26H30N4O3S. The van der Waals surface area contributed by atoms with Crippen molar-refractivity contribution in [3.8, 4) is 0 Å². The SMILES string of the molecule is COCCN1C(=O)C2=C(N[C@@H]1c1ccccc1)N(C[C@@H]1CCCO1)C(=S)N[C@@H]2c1ccccc1. The summed E-state index contributed by atoms with van der Waals surface area (Å²) in [6.45, 7) is 2.28. The van der Waals surface area contributed by atoms with Crippen LogP contribution in [-0.2, 0) is 14.3 Å². The van der Waals surface area contributed by atoms with Crippen LogP contribution in [0.5, 0.6) is 0 Å². The number of nitrogens with one attached hydrogen (secondary N) is 2. The summed E-state index contributed by atoms with van der Waals surface area (Å²) in [5, 5.41) is 7.73. The zero-order chi connectivity index (χ0) is 23.5. The molecule has 1 saturated heterocycles. The molecule has 0 saturated carbocycles. The standard InChI is InChI=1S/C26H30N4O3S/c1-32-16-14-29-23(19-11-6-3-7-12-19)28-24-21(25(29)31)22(18-9-4-2-5-10-18)27-26(34)30(24)17-20-13-8-15-33-20/h2-7,9-12,20,22-23,28H,8,13-17H2,1H3,(H,27,34)/t20-,22+,23-/m0/s1. The number of ether oxygens (including phenoxy) is 2. The number of hydrogen-bond acceptors (Lipinski definition) is 5. The summed E-state index contributed by atoms with van der Waals surface area (Å²) >= 11 is 5.84. The van der Waals surface area contributed by atoms with E-state index in [-0.39, 0.29) is 24.2 Å². The average molecular weight is 479 g/mol. The number of carbonyl (C=O) groups is 1. The molecule has 2 aromatic rings. The van der Waals surface area contributed by atoms with Gasteiger partial charge in [-0.3, -0.25) is 4.79 Å². The van der Waals surface area contributed by atoms with Crippen LogP contribution in [0, 0.1) is 0 Å². The van der Waals surface area contributed by atoms with Crippen LogP contribution < -0.4 is 10.6 Å². The first-order valence-corrected chi connectivity index (χ1v) is 12.2. The molecule has 0 spiro atoms. The Morgan fingerprint density at radius 3 is 2.41 bits per heavy atom. The summed E-state index contributed by atoms with van der Waals surface area (Å²) < 4.78 is 11.3. The van der Waals surface area contributed by atoms with Gasteiger partial charge in [0.1, 0.15) is 12.0 Å². The normalized spacial score (nSPS) is 24.7. The van der Waals surface area contributed by atoms with E-state index in [2.05, 4.69) is 10.6 Å². The molecule has 34 heavy (non-hydrogen) atoms. The Balaban J connectivity index is 1.60. The molecule has 3 aliphatic heterocycles. The number of thiocarbonyl (C=S) groups is 1. The highest BCUT2D eigenvalue weighted by Crippen LogP contribution is 2.37. The molecule has 1 fully saturated rings. The van der Waals surface area contributed by atoms with Crippen molar-refractivity contribution in [1.29, 1.82) is 0 Å². The first kappa shape index (κ1) is 22.8. The third-order valence-electron chi connectivity index (χ3n) is 6.60. The Hall–Kier alpha value is -2.94. The van der Waals surface area contributed by atoms with Gasteiger partial charge in [-0.25, -0.2) is 0 Å². The molecule has 7 nitrogen and oxygen atoms in total. The molecule has 2 N–H and O–H groups in total. The lowest BCUT2D eigenvalue weighted by Gasteiger charge is -2.47. The Kier molecular flexibility index (Phi) is 6.80. The van der Waals surface area contributed by atoms with Gasteiger partial charge in [0.2, 0.25) is 0 Å². The van der Waals surface area contributed by atoms with E-state index >= 15 is 0 Å². The molecule has 0 aliphatic carbocycles. The Labute approximate surface area is 205 Å². The molecule has 1 amide bonds. The molecule has 3 atom stereocenters. The van der Waals surface area contributed by atoms with E-state index in [0.29, 0.717) is 30.4 Å². The highest BCUT2D eigenvalue weighted by atomic mass is 32.1. The van der Waals surface area contributed by atoms with Crippen molar-refractivity contribution in [1.82, 2.24) is 20.4 Å². The number of nitrogens with zero attached hydrogens (tertiary/aromatic N) is 2. The van der Waals surface area contributed by atoms with E-state index in [4.69, 9.17) is 21.7 Å². The summed E-state index contributed by atoms with van der Waals surface area (Å²) in [6.07, 6.45) is 1.79.